The van der Waals surface area contributed by atoms with Crippen molar-refractivity contribution in [1.82, 2.24) is 4.90 Å². The van der Waals surface area contributed by atoms with Crippen molar-refractivity contribution in [1.29, 1.82) is 0 Å². The van der Waals surface area contributed by atoms with Gasteiger partial charge in [-0.3, -0.25) is 0 Å². The molecule has 2 aromatic heterocycles. The highest BCUT2D eigenvalue weighted by Gasteiger charge is 2.53. The zero-order valence-electron chi connectivity index (χ0n) is 14.0. The molecule has 0 atom stereocenters. The molecule has 1 aliphatic carbocycles. The monoisotopic (exact) mass is 393 g/mol. The van der Waals surface area contributed by atoms with Crippen LogP contribution in [0.5, 0.6) is 0 Å². The zero-order valence-corrected chi connectivity index (χ0v) is 15.6. The number of amides is 1. The van der Waals surface area contributed by atoms with Gasteiger partial charge >= 0.3 is 12.1 Å². The smallest absolute Gasteiger partial charge is 0.407 e. The van der Waals surface area contributed by atoms with Crippen molar-refractivity contribution in [2.75, 3.05) is 13.1 Å². The first-order valence-electron chi connectivity index (χ1n) is 8.42. The van der Waals surface area contributed by atoms with E-state index in [4.69, 9.17) is 9.84 Å². The molecule has 1 aliphatic heterocycles. The third-order valence-electron chi connectivity index (χ3n) is 5.35. The Hall–Kier alpha value is -1.90. The van der Waals surface area contributed by atoms with Gasteiger partial charge in [0.2, 0.25) is 5.60 Å². The first kappa shape index (κ1) is 17.5. The summed E-state index contributed by atoms with van der Waals surface area (Å²) in [5.74, 6) is -0.657. The van der Waals surface area contributed by atoms with Crippen LogP contribution in [-0.2, 0) is 15.1 Å². The van der Waals surface area contributed by atoms with Gasteiger partial charge in [0.25, 0.3) is 0 Å². The third-order valence-corrected chi connectivity index (χ3v) is 7.31. The Labute approximate surface area is 158 Å². The Morgan fingerprint density at radius 1 is 1.19 bits per heavy atom. The Morgan fingerprint density at radius 3 is 2.27 bits per heavy atom. The van der Waals surface area contributed by atoms with Crippen LogP contribution < -0.4 is 0 Å². The van der Waals surface area contributed by atoms with Crippen LogP contribution in [0.2, 0.25) is 0 Å². The van der Waals surface area contributed by atoms with Crippen LogP contribution in [0.3, 0.4) is 0 Å². The predicted molar refractivity (Wildman–Crippen MR) is 97.4 cm³/mol. The Morgan fingerprint density at radius 2 is 1.81 bits per heavy atom. The summed E-state index contributed by atoms with van der Waals surface area (Å²) in [5, 5.41) is 23.9. The SMILES string of the molecule is O=C(O)N1CCC2(CC(OC(=O)C(O)(c3cccs3)c3cccs3)C2)C1. The van der Waals surface area contributed by atoms with Crippen LogP contribution in [-0.4, -0.2) is 46.4 Å². The number of aliphatic hydroxyl groups is 1. The number of ether oxygens (including phenoxy) is 1. The summed E-state index contributed by atoms with van der Waals surface area (Å²) in [7, 11) is 0. The lowest BCUT2D eigenvalue weighted by molar-refractivity contribution is -0.178. The number of thiophene rings is 2. The summed E-state index contributed by atoms with van der Waals surface area (Å²) in [6, 6.07) is 7.05. The number of carboxylic acid groups (broad SMARTS) is 1. The minimum Gasteiger partial charge on any atom is -0.465 e. The van der Waals surface area contributed by atoms with Crippen molar-refractivity contribution in [2.45, 2.75) is 31.0 Å². The van der Waals surface area contributed by atoms with Gasteiger partial charge in [-0.05, 0) is 47.6 Å². The van der Waals surface area contributed by atoms with Gasteiger partial charge in [0, 0.05) is 13.1 Å². The van der Waals surface area contributed by atoms with E-state index in [1.807, 2.05) is 10.8 Å². The quantitative estimate of drug-likeness (QED) is 0.780. The molecule has 0 radical (unpaired) electrons. The summed E-state index contributed by atoms with van der Waals surface area (Å²) in [5.41, 5.74) is -1.86. The van der Waals surface area contributed by atoms with Gasteiger partial charge in [-0.15, -0.1) is 22.7 Å². The van der Waals surface area contributed by atoms with Crippen molar-refractivity contribution in [3.05, 3.63) is 44.8 Å². The number of hydrogen-bond donors (Lipinski definition) is 2. The molecule has 2 aromatic rings. The maximum absolute atomic E-state index is 12.9. The van der Waals surface area contributed by atoms with Crippen molar-refractivity contribution in [3.8, 4) is 0 Å². The highest BCUT2D eigenvalue weighted by atomic mass is 32.1. The number of carbonyl (C=O) groups is 2. The van der Waals surface area contributed by atoms with Crippen molar-refractivity contribution >= 4 is 34.7 Å². The normalized spacial score (nSPS) is 25.3. The molecule has 1 saturated heterocycles. The molecule has 3 heterocycles. The van der Waals surface area contributed by atoms with Gasteiger partial charge in [-0.25, -0.2) is 9.59 Å². The number of hydrogen-bond acceptors (Lipinski definition) is 6. The van der Waals surface area contributed by atoms with E-state index >= 15 is 0 Å². The van der Waals surface area contributed by atoms with Crippen LogP contribution in [0.1, 0.15) is 29.0 Å². The highest BCUT2D eigenvalue weighted by Crippen LogP contribution is 2.50. The van der Waals surface area contributed by atoms with Gasteiger partial charge in [0.05, 0.1) is 9.75 Å². The minimum absolute atomic E-state index is 0.0761. The van der Waals surface area contributed by atoms with E-state index in [2.05, 4.69) is 0 Å². The van der Waals surface area contributed by atoms with E-state index in [0.717, 1.165) is 6.42 Å². The van der Waals surface area contributed by atoms with E-state index in [1.54, 1.807) is 24.3 Å². The van der Waals surface area contributed by atoms with Gasteiger partial charge in [-0.1, -0.05) is 12.1 Å². The van der Waals surface area contributed by atoms with E-state index < -0.39 is 17.7 Å². The first-order chi connectivity index (χ1) is 12.4. The third kappa shape index (κ3) is 2.82. The van der Waals surface area contributed by atoms with E-state index in [0.29, 0.717) is 35.7 Å². The lowest BCUT2D eigenvalue weighted by Gasteiger charge is -2.44. The predicted octanol–water partition coefficient (Wildman–Crippen LogP) is 3.12. The molecule has 1 saturated carbocycles. The first-order valence-corrected chi connectivity index (χ1v) is 10.2. The number of esters is 1. The van der Waals surface area contributed by atoms with Gasteiger partial charge in [-0.2, -0.15) is 0 Å². The second kappa shape index (κ2) is 6.37. The molecule has 26 heavy (non-hydrogen) atoms. The molecule has 4 rings (SSSR count). The van der Waals surface area contributed by atoms with Crippen molar-refractivity contribution in [3.63, 3.8) is 0 Å². The highest BCUT2D eigenvalue weighted by molar-refractivity contribution is 7.12. The average Bonchev–Trinajstić information content (AvgIpc) is 3.32. The van der Waals surface area contributed by atoms with Gasteiger partial charge < -0.3 is 19.8 Å². The van der Waals surface area contributed by atoms with Gasteiger partial charge in [0.15, 0.2) is 0 Å². The number of likely N-dealkylation sites (tertiary alicyclic amines) is 1. The second-order valence-corrected chi connectivity index (χ2v) is 8.95. The van der Waals surface area contributed by atoms with Gasteiger partial charge in [0.1, 0.15) is 6.10 Å². The van der Waals surface area contributed by atoms with Crippen LogP contribution in [0.4, 0.5) is 4.79 Å². The molecule has 2 fully saturated rings. The molecule has 2 aliphatic rings. The molecular weight excluding hydrogens is 374 g/mol. The Balaban J connectivity index is 1.45. The van der Waals surface area contributed by atoms with E-state index in [9.17, 15) is 14.7 Å². The summed E-state index contributed by atoms with van der Waals surface area (Å²) in [4.78, 5) is 26.5. The molecule has 1 amide bonds. The summed E-state index contributed by atoms with van der Waals surface area (Å²) >= 11 is 2.63. The largest absolute Gasteiger partial charge is 0.465 e. The summed E-state index contributed by atoms with van der Waals surface area (Å²) in [6.07, 6.45) is 0.920. The zero-order chi connectivity index (χ0) is 18.4. The fourth-order valence-electron chi connectivity index (χ4n) is 3.95. The summed E-state index contributed by atoms with van der Waals surface area (Å²) < 4.78 is 5.64. The van der Waals surface area contributed by atoms with Crippen LogP contribution >= 0.6 is 22.7 Å². The summed E-state index contributed by atoms with van der Waals surface area (Å²) in [6.45, 7) is 1.03. The molecule has 138 valence electrons. The number of nitrogens with zero attached hydrogens (tertiary/aromatic N) is 1. The fourth-order valence-corrected chi connectivity index (χ4v) is 5.66. The lowest BCUT2D eigenvalue weighted by Crippen LogP contribution is -2.48. The molecule has 1 spiro atoms. The number of rotatable bonds is 4. The number of carbonyl (C=O) groups excluding carboxylic acids is 1. The lowest BCUT2D eigenvalue weighted by atomic mass is 9.66. The Kier molecular flexibility index (Phi) is 4.29. The molecule has 2 N–H and O–H groups in total. The molecular formula is C18H19NO5S2. The van der Waals surface area contributed by atoms with Crippen molar-refractivity contribution < 1.29 is 24.5 Å². The second-order valence-electron chi connectivity index (χ2n) is 7.05. The minimum atomic E-state index is -1.78. The molecule has 0 aromatic carbocycles. The molecule has 0 bridgehead atoms. The molecule has 8 heteroatoms. The topological polar surface area (TPSA) is 87.1 Å². The van der Waals surface area contributed by atoms with Crippen LogP contribution in [0, 0.1) is 5.41 Å². The van der Waals surface area contributed by atoms with E-state index in [1.165, 1.54) is 27.6 Å². The maximum Gasteiger partial charge on any atom is 0.407 e. The Bertz CT molecular complexity index is 761. The maximum atomic E-state index is 12.9. The molecule has 0 unspecified atom stereocenters. The van der Waals surface area contributed by atoms with E-state index in [-0.39, 0.29) is 11.5 Å². The average molecular weight is 393 g/mol. The standard InChI is InChI=1S/C18H19NO5S2/c20-15(18(23,13-3-1-7-25-13)14-4-2-8-26-14)24-12-9-17(10-12)5-6-19(11-17)16(21)22/h1-4,7-8,12,23H,5-6,9-11H2,(H,21,22). The van der Waals surface area contributed by atoms with Crippen LogP contribution in [0.25, 0.3) is 0 Å². The van der Waals surface area contributed by atoms with Crippen LogP contribution in [0.15, 0.2) is 35.0 Å². The van der Waals surface area contributed by atoms with Crippen molar-refractivity contribution in [2.24, 2.45) is 5.41 Å². The molecule has 6 nitrogen and oxygen atoms in total. The fraction of sp³-hybridized carbons (Fsp3) is 0.444.